The van der Waals surface area contributed by atoms with Gasteiger partial charge in [0.25, 0.3) is 0 Å². The summed E-state index contributed by atoms with van der Waals surface area (Å²) in [5.41, 5.74) is 1.17. The molecule has 0 spiro atoms. The van der Waals surface area contributed by atoms with E-state index in [1.807, 2.05) is 24.7 Å². The summed E-state index contributed by atoms with van der Waals surface area (Å²) >= 11 is 1.82. The largest absolute Gasteiger partial charge is 0.337 e. The highest BCUT2D eigenvalue weighted by molar-refractivity contribution is 7.09. The second-order valence-electron chi connectivity index (χ2n) is 3.79. The van der Waals surface area contributed by atoms with Gasteiger partial charge in [-0.15, -0.1) is 11.3 Å². The highest BCUT2D eigenvalue weighted by Crippen LogP contribution is 2.10. The molecule has 0 bridgehead atoms. The lowest BCUT2D eigenvalue weighted by atomic mass is 10.3. The Morgan fingerprint density at radius 2 is 2.38 bits per heavy atom. The van der Waals surface area contributed by atoms with E-state index in [0.717, 1.165) is 25.9 Å². The molecule has 0 saturated carbocycles. The number of likely N-dealkylation sites (N-methyl/N-ethyl adjacent to an activating group) is 1. The summed E-state index contributed by atoms with van der Waals surface area (Å²) in [7, 11) is 1.97. The second-order valence-corrected chi connectivity index (χ2v) is 4.82. The van der Waals surface area contributed by atoms with Gasteiger partial charge in [-0.3, -0.25) is 0 Å². The minimum Gasteiger partial charge on any atom is -0.337 e. The minimum atomic E-state index is 0.988. The summed E-state index contributed by atoms with van der Waals surface area (Å²) in [5.74, 6) is 0. The molecule has 0 fully saturated rings. The smallest absolute Gasteiger partial charge is 0.0949 e. The zero-order valence-corrected chi connectivity index (χ0v) is 10.3. The Kier molecular flexibility index (Phi) is 4.13. The van der Waals surface area contributed by atoms with Crippen molar-refractivity contribution >= 4 is 11.3 Å². The number of hydrogen-bond acceptors (Lipinski definition) is 3. The maximum Gasteiger partial charge on any atom is 0.0949 e. The highest BCUT2D eigenvalue weighted by Gasteiger charge is 1.99. The lowest BCUT2D eigenvalue weighted by molar-refractivity contribution is 0.699. The van der Waals surface area contributed by atoms with E-state index in [1.54, 1.807) is 0 Å². The van der Waals surface area contributed by atoms with Crippen molar-refractivity contribution in [2.45, 2.75) is 19.4 Å². The molecule has 0 atom stereocenters. The number of aryl methyl sites for hydroxylation is 2. The lowest BCUT2D eigenvalue weighted by Gasteiger charge is -1.99. The van der Waals surface area contributed by atoms with Gasteiger partial charge in [-0.1, -0.05) is 6.07 Å². The van der Waals surface area contributed by atoms with Crippen molar-refractivity contribution in [3.05, 3.63) is 40.6 Å². The van der Waals surface area contributed by atoms with Gasteiger partial charge in [-0.25, -0.2) is 4.98 Å². The van der Waals surface area contributed by atoms with Crippen molar-refractivity contribution in [2.24, 2.45) is 0 Å². The molecular formula is C12H17N3S. The molecule has 3 nitrogen and oxygen atoms in total. The van der Waals surface area contributed by atoms with Crippen LogP contribution in [0.4, 0.5) is 0 Å². The fraction of sp³-hybridized carbons (Fsp3) is 0.417. The van der Waals surface area contributed by atoms with Crippen LogP contribution < -0.4 is 5.32 Å². The van der Waals surface area contributed by atoms with E-state index in [4.69, 9.17) is 0 Å². The molecule has 0 radical (unpaired) electrons. The fourth-order valence-corrected chi connectivity index (χ4v) is 2.30. The van der Waals surface area contributed by atoms with E-state index in [1.165, 1.54) is 10.6 Å². The third-order valence-corrected chi connectivity index (χ3v) is 3.45. The molecule has 16 heavy (non-hydrogen) atoms. The standard InChI is InChI=1S/C12H17N3S/c1-13-6-4-11-9-15(10-14-11)7-5-12-3-2-8-16-12/h2-3,8-10,13H,4-7H2,1H3. The van der Waals surface area contributed by atoms with Crippen molar-refractivity contribution in [3.8, 4) is 0 Å². The molecule has 0 unspecified atom stereocenters. The van der Waals surface area contributed by atoms with Crippen LogP contribution in [0.1, 0.15) is 10.6 Å². The number of aromatic nitrogens is 2. The first-order chi connectivity index (χ1) is 7.88. The summed E-state index contributed by atoms with van der Waals surface area (Å²) in [5, 5.41) is 5.26. The highest BCUT2D eigenvalue weighted by atomic mass is 32.1. The van der Waals surface area contributed by atoms with Crippen LogP contribution in [0.2, 0.25) is 0 Å². The van der Waals surface area contributed by atoms with Crippen LogP contribution in [-0.2, 0) is 19.4 Å². The minimum absolute atomic E-state index is 0.988. The number of rotatable bonds is 6. The van der Waals surface area contributed by atoms with Crippen LogP contribution in [0.3, 0.4) is 0 Å². The van der Waals surface area contributed by atoms with Crippen molar-refractivity contribution in [1.82, 2.24) is 14.9 Å². The van der Waals surface area contributed by atoms with Crippen LogP contribution in [-0.4, -0.2) is 23.1 Å². The van der Waals surface area contributed by atoms with Crippen LogP contribution in [0, 0.1) is 0 Å². The Morgan fingerprint density at radius 1 is 1.44 bits per heavy atom. The van der Waals surface area contributed by atoms with Crippen molar-refractivity contribution in [3.63, 3.8) is 0 Å². The number of nitrogens with zero attached hydrogens (tertiary/aromatic N) is 2. The Hall–Kier alpha value is -1.13. The molecule has 0 amide bonds. The van der Waals surface area contributed by atoms with Gasteiger partial charge in [0, 0.05) is 30.6 Å². The van der Waals surface area contributed by atoms with Crippen molar-refractivity contribution in [1.29, 1.82) is 0 Å². The van der Waals surface area contributed by atoms with Crippen LogP contribution in [0.15, 0.2) is 30.0 Å². The van der Waals surface area contributed by atoms with Crippen molar-refractivity contribution < 1.29 is 0 Å². The number of hydrogen-bond donors (Lipinski definition) is 1. The van der Waals surface area contributed by atoms with E-state index >= 15 is 0 Å². The summed E-state index contributed by atoms with van der Waals surface area (Å²) in [6.45, 7) is 2.01. The summed E-state index contributed by atoms with van der Waals surface area (Å²) in [6, 6.07) is 4.29. The topological polar surface area (TPSA) is 29.9 Å². The SMILES string of the molecule is CNCCc1cn(CCc2cccs2)cn1. The maximum atomic E-state index is 4.38. The number of nitrogens with one attached hydrogen (secondary N) is 1. The van der Waals surface area contributed by atoms with Crippen LogP contribution >= 0.6 is 11.3 Å². The molecule has 0 aromatic carbocycles. The lowest BCUT2D eigenvalue weighted by Crippen LogP contribution is -2.10. The Morgan fingerprint density at radius 3 is 3.12 bits per heavy atom. The monoisotopic (exact) mass is 235 g/mol. The molecule has 2 aromatic rings. The summed E-state index contributed by atoms with van der Waals surface area (Å²) in [6.07, 6.45) is 6.17. The zero-order chi connectivity index (χ0) is 11.2. The first kappa shape index (κ1) is 11.4. The maximum absolute atomic E-state index is 4.38. The number of imidazole rings is 1. The van der Waals surface area contributed by atoms with Gasteiger partial charge in [-0.05, 0) is 24.9 Å². The molecule has 0 aliphatic heterocycles. The molecule has 0 saturated heterocycles. The average Bonchev–Trinajstić information content (AvgIpc) is 2.95. The Balaban J connectivity index is 1.83. The van der Waals surface area contributed by atoms with Gasteiger partial charge >= 0.3 is 0 Å². The molecule has 2 heterocycles. The molecule has 86 valence electrons. The van der Waals surface area contributed by atoms with Gasteiger partial charge < -0.3 is 9.88 Å². The van der Waals surface area contributed by atoms with Gasteiger partial charge in [-0.2, -0.15) is 0 Å². The van der Waals surface area contributed by atoms with E-state index in [0.29, 0.717) is 0 Å². The number of thiophene rings is 1. The average molecular weight is 235 g/mol. The Bertz CT molecular complexity index is 406. The molecule has 2 rings (SSSR count). The molecule has 0 aliphatic rings. The van der Waals surface area contributed by atoms with E-state index < -0.39 is 0 Å². The van der Waals surface area contributed by atoms with Gasteiger partial charge in [0.15, 0.2) is 0 Å². The van der Waals surface area contributed by atoms with E-state index in [-0.39, 0.29) is 0 Å². The molecule has 1 N–H and O–H groups in total. The van der Waals surface area contributed by atoms with E-state index in [9.17, 15) is 0 Å². The fourth-order valence-electron chi connectivity index (χ4n) is 1.60. The summed E-state index contributed by atoms with van der Waals surface area (Å²) in [4.78, 5) is 5.82. The quantitative estimate of drug-likeness (QED) is 0.829. The predicted octanol–water partition coefficient (Wildman–Crippen LogP) is 1.95. The first-order valence-corrected chi connectivity index (χ1v) is 6.44. The van der Waals surface area contributed by atoms with Crippen molar-refractivity contribution in [2.75, 3.05) is 13.6 Å². The molecule has 4 heteroatoms. The van der Waals surface area contributed by atoms with Gasteiger partial charge in [0.1, 0.15) is 0 Å². The van der Waals surface area contributed by atoms with Crippen LogP contribution in [0.25, 0.3) is 0 Å². The molecule has 0 aliphatic carbocycles. The molecule has 2 aromatic heterocycles. The normalized spacial score (nSPS) is 10.8. The third-order valence-electron chi connectivity index (χ3n) is 2.51. The summed E-state index contributed by atoms with van der Waals surface area (Å²) < 4.78 is 2.17. The van der Waals surface area contributed by atoms with Gasteiger partial charge in [0.05, 0.1) is 12.0 Å². The second kappa shape index (κ2) is 5.82. The Labute approximate surface area is 100 Å². The van der Waals surface area contributed by atoms with Crippen LogP contribution in [0.5, 0.6) is 0 Å². The predicted molar refractivity (Wildman–Crippen MR) is 67.9 cm³/mol. The molecular weight excluding hydrogens is 218 g/mol. The zero-order valence-electron chi connectivity index (χ0n) is 9.52. The van der Waals surface area contributed by atoms with E-state index in [2.05, 4.69) is 38.6 Å². The van der Waals surface area contributed by atoms with Gasteiger partial charge in [0.2, 0.25) is 0 Å². The first-order valence-electron chi connectivity index (χ1n) is 5.56. The third kappa shape index (κ3) is 3.18.